The number of hydrogen-bond acceptors (Lipinski definition) is 3. The van der Waals surface area contributed by atoms with Gasteiger partial charge in [-0.15, -0.1) is 0 Å². The van der Waals surface area contributed by atoms with E-state index in [9.17, 15) is 9.18 Å². The molecule has 1 aliphatic rings. The molecular formula is C9H7FO3. The molecular weight excluding hydrogens is 175 g/mol. The highest BCUT2D eigenvalue weighted by atomic mass is 19.1. The van der Waals surface area contributed by atoms with Gasteiger partial charge in [-0.2, -0.15) is 0 Å². The van der Waals surface area contributed by atoms with E-state index in [1.54, 1.807) is 0 Å². The number of esters is 1. The zero-order valence-corrected chi connectivity index (χ0v) is 6.91. The molecule has 1 unspecified atom stereocenters. The number of rotatable bonds is 1. The summed E-state index contributed by atoms with van der Waals surface area (Å²) >= 11 is 0. The maximum Gasteiger partial charge on any atom is 0.341 e. The summed E-state index contributed by atoms with van der Waals surface area (Å²) in [4.78, 5) is 11.1. The van der Waals surface area contributed by atoms with Gasteiger partial charge in [0, 0.05) is 12.7 Å². The van der Waals surface area contributed by atoms with Crippen molar-refractivity contribution in [3.63, 3.8) is 0 Å². The van der Waals surface area contributed by atoms with E-state index in [-0.39, 0.29) is 0 Å². The summed E-state index contributed by atoms with van der Waals surface area (Å²) in [6.45, 7) is 0. The quantitative estimate of drug-likeness (QED) is 0.619. The van der Waals surface area contributed by atoms with E-state index >= 15 is 0 Å². The second kappa shape index (κ2) is 2.81. The smallest absolute Gasteiger partial charge is 0.341 e. The summed E-state index contributed by atoms with van der Waals surface area (Å²) < 4.78 is 22.4. The number of methoxy groups -OCH3 is 1. The van der Waals surface area contributed by atoms with Gasteiger partial charge in [-0.05, 0) is 18.2 Å². The van der Waals surface area contributed by atoms with Crippen molar-refractivity contribution < 1.29 is 18.7 Å². The van der Waals surface area contributed by atoms with E-state index in [4.69, 9.17) is 9.47 Å². The second-order valence-corrected chi connectivity index (χ2v) is 2.70. The third kappa shape index (κ3) is 1.19. The second-order valence-electron chi connectivity index (χ2n) is 2.70. The fraction of sp³-hybridized carbons (Fsp3) is 0.222. The minimum atomic E-state index is -0.766. The van der Waals surface area contributed by atoms with Crippen LogP contribution in [-0.2, 0) is 9.47 Å². The van der Waals surface area contributed by atoms with Gasteiger partial charge in [0.05, 0.1) is 5.56 Å². The molecule has 0 radical (unpaired) electrons. The molecule has 1 aliphatic heterocycles. The summed E-state index contributed by atoms with van der Waals surface area (Å²) in [6.07, 6.45) is -0.766. The van der Waals surface area contributed by atoms with Crippen LogP contribution in [0, 0.1) is 5.82 Å². The number of benzene rings is 1. The number of ether oxygens (including phenoxy) is 2. The van der Waals surface area contributed by atoms with Crippen molar-refractivity contribution in [3.8, 4) is 0 Å². The lowest BCUT2D eigenvalue weighted by atomic mass is 10.1. The largest absolute Gasteiger partial charge is 0.428 e. The van der Waals surface area contributed by atoms with Crippen molar-refractivity contribution >= 4 is 5.97 Å². The predicted octanol–water partition coefficient (Wildman–Crippen LogP) is 1.64. The van der Waals surface area contributed by atoms with E-state index < -0.39 is 18.1 Å². The minimum Gasteiger partial charge on any atom is -0.428 e. The lowest BCUT2D eigenvalue weighted by Crippen LogP contribution is -2.00. The highest BCUT2D eigenvalue weighted by Gasteiger charge is 2.31. The Bertz CT molecular complexity index is 362. The first-order chi connectivity index (χ1) is 6.22. The predicted molar refractivity (Wildman–Crippen MR) is 41.6 cm³/mol. The van der Waals surface area contributed by atoms with Crippen LogP contribution in [-0.4, -0.2) is 13.1 Å². The van der Waals surface area contributed by atoms with Crippen LogP contribution in [0.5, 0.6) is 0 Å². The van der Waals surface area contributed by atoms with Crippen molar-refractivity contribution in [3.05, 3.63) is 35.1 Å². The van der Waals surface area contributed by atoms with E-state index in [2.05, 4.69) is 0 Å². The minimum absolute atomic E-state index is 0.369. The van der Waals surface area contributed by atoms with Gasteiger partial charge in [0.1, 0.15) is 5.82 Å². The van der Waals surface area contributed by atoms with Gasteiger partial charge in [0.2, 0.25) is 6.29 Å². The molecule has 1 atom stereocenters. The highest BCUT2D eigenvalue weighted by molar-refractivity contribution is 5.93. The molecule has 0 aliphatic carbocycles. The Morgan fingerprint density at radius 2 is 2.31 bits per heavy atom. The number of cyclic esters (lactones) is 1. The molecule has 13 heavy (non-hydrogen) atoms. The number of fused-ring (bicyclic) bond motifs is 1. The Hall–Kier alpha value is -1.42. The van der Waals surface area contributed by atoms with Crippen molar-refractivity contribution in [2.24, 2.45) is 0 Å². The SMILES string of the molecule is COC1OC(=O)c2ccc(F)cc21. The summed E-state index contributed by atoms with van der Waals surface area (Å²) in [6, 6.07) is 3.86. The van der Waals surface area contributed by atoms with Crippen molar-refractivity contribution in [1.82, 2.24) is 0 Å². The molecule has 1 aromatic rings. The third-order valence-corrected chi connectivity index (χ3v) is 1.92. The van der Waals surface area contributed by atoms with Crippen LogP contribution in [0.2, 0.25) is 0 Å². The standard InChI is InChI=1S/C9H7FO3/c1-12-9-7-4-5(10)2-3-6(7)8(11)13-9/h2-4,9H,1H3. The van der Waals surface area contributed by atoms with Gasteiger partial charge in [-0.3, -0.25) is 0 Å². The molecule has 1 aromatic carbocycles. The van der Waals surface area contributed by atoms with Crippen molar-refractivity contribution in [1.29, 1.82) is 0 Å². The average Bonchev–Trinajstić information content (AvgIpc) is 2.42. The van der Waals surface area contributed by atoms with Gasteiger partial charge in [-0.1, -0.05) is 0 Å². The lowest BCUT2D eigenvalue weighted by Gasteiger charge is -2.06. The average molecular weight is 182 g/mol. The first-order valence-corrected chi connectivity index (χ1v) is 3.75. The summed E-state index contributed by atoms with van der Waals surface area (Å²) in [5.41, 5.74) is 0.820. The van der Waals surface area contributed by atoms with Crippen molar-refractivity contribution in [2.75, 3.05) is 7.11 Å². The number of hydrogen-bond donors (Lipinski definition) is 0. The van der Waals surface area contributed by atoms with Gasteiger partial charge in [0.25, 0.3) is 0 Å². The fourth-order valence-corrected chi connectivity index (χ4v) is 1.31. The molecule has 0 saturated carbocycles. The van der Waals surface area contributed by atoms with E-state index in [1.165, 1.54) is 25.3 Å². The normalized spacial score (nSPS) is 19.8. The monoisotopic (exact) mass is 182 g/mol. The molecule has 1 heterocycles. The van der Waals surface area contributed by atoms with Gasteiger partial charge in [-0.25, -0.2) is 9.18 Å². The summed E-state index contributed by atoms with van der Waals surface area (Å²) in [5.74, 6) is -0.874. The van der Waals surface area contributed by atoms with Crippen LogP contribution >= 0.6 is 0 Å². The Morgan fingerprint density at radius 1 is 1.54 bits per heavy atom. The van der Waals surface area contributed by atoms with Gasteiger partial charge < -0.3 is 9.47 Å². The van der Waals surface area contributed by atoms with Gasteiger partial charge >= 0.3 is 5.97 Å². The topological polar surface area (TPSA) is 35.5 Å². The Balaban J connectivity index is 2.52. The summed E-state index contributed by atoms with van der Waals surface area (Å²) in [7, 11) is 1.40. The van der Waals surface area contributed by atoms with Gasteiger partial charge in [0.15, 0.2) is 0 Å². The zero-order chi connectivity index (χ0) is 9.42. The molecule has 0 amide bonds. The highest BCUT2D eigenvalue weighted by Crippen LogP contribution is 2.31. The van der Waals surface area contributed by atoms with E-state index in [0.29, 0.717) is 11.1 Å². The Labute approximate surface area is 74.1 Å². The molecule has 0 fully saturated rings. The van der Waals surface area contributed by atoms with Crippen LogP contribution in [0.15, 0.2) is 18.2 Å². The maximum absolute atomic E-state index is 12.8. The molecule has 68 valence electrons. The first kappa shape index (κ1) is 8.19. The molecule has 0 spiro atoms. The molecule has 2 rings (SSSR count). The van der Waals surface area contributed by atoms with Crippen LogP contribution in [0.1, 0.15) is 22.2 Å². The number of halogens is 1. The number of carbonyl (C=O) groups is 1. The molecule has 3 nitrogen and oxygen atoms in total. The molecule has 0 bridgehead atoms. The molecule has 4 heteroatoms. The summed E-state index contributed by atoms with van der Waals surface area (Å²) in [5, 5.41) is 0. The Kier molecular flexibility index (Phi) is 1.77. The van der Waals surface area contributed by atoms with Crippen molar-refractivity contribution in [2.45, 2.75) is 6.29 Å². The Morgan fingerprint density at radius 3 is 3.00 bits per heavy atom. The zero-order valence-electron chi connectivity index (χ0n) is 6.91. The fourth-order valence-electron chi connectivity index (χ4n) is 1.31. The van der Waals surface area contributed by atoms with Crippen LogP contribution < -0.4 is 0 Å². The van der Waals surface area contributed by atoms with Crippen LogP contribution in [0.4, 0.5) is 4.39 Å². The molecule has 0 aromatic heterocycles. The van der Waals surface area contributed by atoms with E-state index in [1.807, 2.05) is 0 Å². The molecule has 0 N–H and O–H groups in total. The number of carbonyl (C=O) groups excluding carboxylic acids is 1. The van der Waals surface area contributed by atoms with Crippen LogP contribution in [0.3, 0.4) is 0 Å². The van der Waals surface area contributed by atoms with E-state index in [0.717, 1.165) is 0 Å². The lowest BCUT2D eigenvalue weighted by molar-refractivity contribution is -0.0816. The molecule has 0 saturated heterocycles. The third-order valence-electron chi connectivity index (χ3n) is 1.92. The first-order valence-electron chi connectivity index (χ1n) is 3.75. The maximum atomic E-state index is 12.8. The van der Waals surface area contributed by atoms with Crippen LogP contribution in [0.25, 0.3) is 0 Å².